The number of nitrogens with one attached hydrogen (secondary N) is 1. The lowest BCUT2D eigenvalue weighted by atomic mass is 10.0. The standard InChI is InChI=1S/C23H25N5O/c1-16-3-8-23-25-21(15-28(23)26-16)20-14-18-4-6-19(13-17(18)5-7-22(20)29)27-11-2-9-24-10-12-27/h3-4,6,8,13-15,24H,2,5,7,9-12H2,1H3. The highest BCUT2D eigenvalue weighted by atomic mass is 16.1. The SMILES string of the molecule is Cc1ccc2nc(C3=Cc4ccc(N5CCCNCC5)cc4CCC3=O)cn2n1. The average Bonchev–Trinajstić information content (AvgIpc) is 2.88. The van der Waals surface area contributed by atoms with Crippen LogP contribution in [0, 0.1) is 6.92 Å². The first kappa shape index (κ1) is 18.1. The minimum atomic E-state index is 0.141. The molecule has 0 saturated carbocycles. The molecule has 6 nitrogen and oxygen atoms in total. The summed E-state index contributed by atoms with van der Waals surface area (Å²) in [5.74, 6) is 0.141. The quantitative estimate of drug-likeness (QED) is 0.733. The summed E-state index contributed by atoms with van der Waals surface area (Å²) in [6, 6.07) is 10.5. The number of fused-ring (bicyclic) bond motifs is 2. The van der Waals surface area contributed by atoms with E-state index in [4.69, 9.17) is 0 Å². The zero-order valence-electron chi connectivity index (χ0n) is 16.7. The molecule has 0 unspecified atom stereocenters. The van der Waals surface area contributed by atoms with Gasteiger partial charge in [0.1, 0.15) is 0 Å². The highest BCUT2D eigenvalue weighted by Gasteiger charge is 2.21. The molecule has 0 radical (unpaired) electrons. The molecule has 3 heterocycles. The molecule has 29 heavy (non-hydrogen) atoms. The molecule has 1 saturated heterocycles. The number of benzene rings is 1. The smallest absolute Gasteiger partial charge is 0.165 e. The van der Waals surface area contributed by atoms with Crippen LogP contribution >= 0.6 is 0 Å². The van der Waals surface area contributed by atoms with Crippen molar-refractivity contribution in [3.63, 3.8) is 0 Å². The first-order valence-electron chi connectivity index (χ1n) is 10.3. The van der Waals surface area contributed by atoms with Crippen LogP contribution < -0.4 is 10.2 Å². The Balaban J connectivity index is 1.51. The highest BCUT2D eigenvalue weighted by Crippen LogP contribution is 2.30. The topological polar surface area (TPSA) is 62.5 Å². The van der Waals surface area contributed by atoms with Crippen LogP contribution in [-0.2, 0) is 11.2 Å². The average molecular weight is 387 g/mol. The summed E-state index contributed by atoms with van der Waals surface area (Å²) in [6.07, 6.45) is 6.28. The summed E-state index contributed by atoms with van der Waals surface area (Å²) in [5.41, 5.74) is 6.66. The maximum Gasteiger partial charge on any atom is 0.165 e. The van der Waals surface area contributed by atoms with E-state index >= 15 is 0 Å². The third-order valence-electron chi connectivity index (χ3n) is 5.78. The predicted molar refractivity (Wildman–Crippen MR) is 115 cm³/mol. The summed E-state index contributed by atoms with van der Waals surface area (Å²) in [5, 5.41) is 7.91. The van der Waals surface area contributed by atoms with Crippen molar-refractivity contribution < 1.29 is 4.79 Å². The summed E-state index contributed by atoms with van der Waals surface area (Å²) >= 11 is 0. The van der Waals surface area contributed by atoms with Crippen LogP contribution in [0.25, 0.3) is 17.3 Å². The molecular formula is C23H25N5O. The predicted octanol–water partition coefficient (Wildman–Crippen LogP) is 2.89. The van der Waals surface area contributed by atoms with Gasteiger partial charge in [-0.1, -0.05) is 6.07 Å². The van der Waals surface area contributed by atoms with Gasteiger partial charge in [-0.2, -0.15) is 5.10 Å². The van der Waals surface area contributed by atoms with Gasteiger partial charge in [0.2, 0.25) is 0 Å². The Morgan fingerprint density at radius 2 is 2.00 bits per heavy atom. The third kappa shape index (κ3) is 3.56. The Bertz CT molecular complexity index is 1110. The molecule has 0 atom stereocenters. The number of anilines is 1. The van der Waals surface area contributed by atoms with Gasteiger partial charge in [-0.15, -0.1) is 0 Å². The van der Waals surface area contributed by atoms with Crippen LogP contribution in [0.15, 0.2) is 36.5 Å². The molecule has 1 aliphatic carbocycles. The number of nitrogens with zero attached hydrogens (tertiary/aromatic N) is 4. The van der Waals surface area contributed by atoms with Crippen molar-refractivity contribution in [2.45, 2.75) is 26.2 Å². The lowest BCUT2D eigenvalue weighted by molar-refractivity contribution is -0.113. The number of ketones is 1. The van der Waals surface area contributed by atoms with E-state index < -0.39 is 0 Å². The van der Waals surface area contributed by atoms with Crippen LogP contribution in [0.3, 0.4) is 0 Å². The number of rotatable bonds is 2. The van der Waals surface area contributed by atoms with Gasteiger partial charge in [-0.3, -0.25) is 4.79 Å². The fourth-order valence-corrected chi connectivity index (χ4v) is 4.19. The number of Topliss-reactive ketones (excluding diaryl/α,β-unsaturated/α-hetero) is 1. The van der Waals surface area contributed by atoms with E-state index in [0.717, 1.165) is 55.9 Å². The summed E-state index contributed by atoms with van der Waals surface area (Å²) < 4.78 is 1.75. The lowest BCUT2D eigenvalue weighted by Gasteiger charge is -2.23. The molecule has 1 fully saturated rings. The van der Waals surface area contributed by atoms with E-state index in [1.54, 1.807) is 4.52 Å². The van der Waals surface area contributed by atoms with Gasteiger partial charge in [-0.05, 0) is 67.8 Å². The Labute approximate surface area is 170 Å². The summed E-state index contributed by atoms with van der Waals surface area (Å²) in [7, 11) is 0. The van der Waals surface area contributed by atoms with Crippen molar-refractivity contribution in [2.24, 2.45) is 0 Å². The van der Waals surface area contributed by atoms with Crippen molar-refractivity contribution in [3.05, 3.63) is 59.0 Å². The second-order valence-corrected chi connectivity index (χ2v) is 7.86. The van der Waals surface area contributed by atoms with E-state index in [9.17, 15) is 4.79 Å². The van der Waals surface area contributed by atoms with Gasteiger partial charge in [0.25, 0.3) is 0 Å². The molecule has 1 aliphatic heterocycles. The number of carbonyl (C=O) groups is 1. The van der Waals surface area contributed by atoms with E-state index in [1.165, 1.54) is 11.3 Å². The van der Waals surface area contributed by atoms with Gasteiger partial charge in [-0.25, -0.2) is 9.50 Å². The second-order valence-electron chi connectivity index (χ2n) is 7.86. The molecule has 1 N–H and O–H groups in total. The largest absolute Gasteiger partial charge is 0.370 e. The van der Waals surface area contributed by atoms with Crippen molar-refractivity contribution in [1.82, 2.24) is 19.9 Å². The third-order valence-corrected chi connectivity index (χ3v) is 5.78. The van der Waals surface area contributed by atoms with Crippen LogP contribution in [0.2, 0.25) is 0 Å². The van der Waals surface area contributed by atoms with E-state index in [2.05, 4.69) is 38.5 Å². The monoisotopic (exact) mass is 387 g/mol. The normalized spacial score (nSPS) is 17.6. The molecule has 3 aromatic rings. The molecule has 0 amide bonds. The van der Waals surface area contributed by atoms with Crippen molar-refractivity contribution in [3.8, 4) is 0 Å². The number of carbonyl (C=O) groups excluding carboxylic acids is 1. The molecule has 0 spiro atoms. The number of hydrogen-bond acceptors (Lipinski definition) is 5. The number of imidazole rings is 1. The minimum absolute atomic E-state index is 0.141. The number of hydrogen-bond donors (Lipinski definition) is 1. The van der Waals surface area contributed by atoms with Crippen molar-refractivity contribution in [1.29, 1.82) is 0 Å². The fraction of sp³-hybridized carbons (Fsp3) is 0.348. The zero-order valence-corrected chi connectivity index (χ0v) is 16.7. The maximum atomic E-state index is 12.9. The highest BCUT2D eigenvalue weighted by molar-refractivity contribution is 6.25. The lowest BCUT2D eigenvalue weighted by Crippen LogP contribution is -2.27. The molecule has 148 valence electrons. The number of aryl methyl sites for hydroxylation is 2. The molecule has 1 aromatic carbocycles. The molecule has 0 bridgehead atoms. The summed E-state index contributed by atoms with van der Waals surface area (Å²) in [4.78, 5) is 20.0. The molecule has 6 heteroatoms. The van der Waals surface area contributed by atoms with Gasteiger partial charge >= 0.3 is 0 Å². The van der Waals surface area contributed by atoms with Crippen molar-refractivity contribution >= 4 is 28.8 Å². The molecule has 5 rings (SSSR count). The summed E-state index contributed by atoms with van der Waals surface area (Å²) in [6.45, 7) is 6.13. The number of aromatic nitrogens is 3. The first-order valence-corrected chi connectivity index (χ1v) is 10.3. The molecule has 2 aromatic heterocycles. The minimum Gasteiger partial charge on any atom is -0.370 e. The fourth-order valence-electron chi connectivity index (χ4n) is 4.19. The molecule has 2 aliphatic rings. The number of allylic oxidation sites excluding steroid dienone is 1. The Morgan fingerprint density at radius 1 is 1.07 bits per heavy atom. The van der Waals surface area contributed by atoms with Crippen LogP contribution in [0.5, 0.6) is 0 Å². The Kier molecular flexibility index (Phi) is 4.64. The second kappa shape index (κ2) is 7.44. The molecular weight excluding hydrogens is 362 g/mol. The Hall–Kier alpha value is -2.99. The van der Waals surface area contributed by atoms with Crippen LogP contribution in [0.1, 0.15) is 35.4 Å². The van der Waals surface area contributed by atoms with E-state index in [0.29, 0.717) is 17.7 Å². The van der Waals surface area contributed by atoms with Crippen LogP contribution in [0.4, 0.5) is 5.69 Å². The van der Waals surface area contributed by atoms with Gasteiger partial charge in [0.15, 0.2) is 11.4 Å². The first-order chi connectivity index (χ1) is 14.2. The van der Waals surface area contributed by atoms with Crippen molar-refractivity contribution in [2.75, 3.05) is 31.1 Å². The maximum absolute atomic E-state index is 12.9. The van der Waals surface area contributed by atoms with E-state index in [-0.39, 0.29) is 5.78 Å². The van der Waals surface area contributed by atoms with Gasteiger partial charge in [0.05, 0.1) is 17.6 Å². The van der Waals surface area contributed by atoms with E-state index in [1.807, 2.05) is 31.3 Å². The Morgan fingerprint density at radius 3 is 2.93 bits per heavy atom. The van der Waals surface area contributed by atoms with Crippen LogP contribution in [-0.4, -0.2) is 46.6 Å². The van der Waals surface area contributed by atoms with Gasteiger partial charge in [0, 0.05) is 37.3 Å². The van der Waals surface area contributed by atoms with Gasteiger partial charge < -0.3 is 10.2 Å². The zero-order chi connectivity index (χ0) is 19.8.